The van der Waals surface area contributed by atoms with E-state index in [-0.39, 0.29) is 23.4 Å². The van der Waals surface area contributed by atoms with Crippen molar-refractivity contribution in [2.75, 3.05) is 27.7 Å². The van der Waals surface area contributed by atoms with E-state index < -0.39 is 0 Å². The van der Waals surface area contributed by atoms with Gasteiger partial charge in [-0.15, -0.1) is 0 Å². The predicted octanol–water partition coefficient (Wildman–Crippen LogP) is 4.12. The van der Waals surface area contributed by atoms with Gasteiger partial charge in [-0.1, -0.05) is 13.0 Å². The Morgan fingerprint density at radius 2 is 2.14 bits per heavy atom. The first-order chi connectivity index (χ1) is 13.8. The van der Waals surface area contributed by atoms with Crippen molar-refractivity contribution in [2.24, 2.45) is 0 Å². The fourth-order valence-corrected chi connectivity index (χ4v) is 4.71. The number of hydrogen-bond donors (Lipinski definition) is 0. The summed E-state index contributed by atoms with van der Waals surface area (Å²) in [5.74, 6) is 0.844. The van der Waals surface area contributed by atoms with Gasteiger partial charge < -0.3 is 19.0 Å². The first-order valence-electron chi connectivity index (χ1n) is 10.1. The lowest BCUT2D eigenvalue weighted by atomic mass is 9.66. The van der Waals surface area contributed by atoms with E-state index in [0.717, 1.165) is 24.3 Å². The number of benzene rings is 1. The molecule has 5 heteroatoms. The molecule has 2 aromatic rings. The van der Waals surface area contributed by atoms with Gasteiger partial charge in [0.25, 0.3) is 0 Å². The first kappa shape index (κ1) is 21.2. The molecule has 1 amide bonds. The summed E-state index contributed by atoms with van der Waals surface area (Å²) in [6, 6.07) is 8.33. The second-order valence-electron chi connectivity index (χ2n) is 8.35. The van der Waals surface area contributed by atoms with E-state index in [1.165, 1.54) is 11.1 Å². The van der Waals surface area contributed by atoms with Crippen LogP contribution in [-0.4, -0.2) is 55.5 Å². The molecule has 0 N–H and O–H groups in total. The minimum atomic E-state index is -0.182. The fraction of sp³-hybridized carbons (Fsp3) is 0.458. The number of nitrogens with zero attached hydrogens (tertiary/aromatic N) is 2. The zero-order chi connectivity index (χ0) is 21.2. The standard InChI is InChI=1S/C24H32N2O3/c1-17-7-9-20(28-6)15-21(17)24(3)12-13-25(4)18(2)23(24)26(5)22(27)10-8-19-11-14-29-16-19/h7-11,14-16,18,23H,12-13H2,1-6H3/b10-8+/t18?,23-,24+/m0/s1. The molecule has 0 radical (unpaired) electrons. The van der Waals surface area contributed by atoms with E-state index in [9.17, 15) is 4.79 Å². The summed E-state index contributed by atoms with van der Waals surface area (Å²) < 4.78 is 10.6. The monoisotopic (exact) mass is 396 g/mol. The maximum absolute atomic E-state index is 13.1. The third-order valence-electron chi connectivity index (χ3n) is 6.58. The van der Waals surface area contributed by atoms with Crippen molar-refractivity contribution in [3.05, 3.63) is 59.6 Å². The molecule has 0 spiro atoms. The van der Waals surface area contributed by atoms with Crippen molar-refractivity contribution in [3.63, 3.8) is 0 Å². The number of hydrogen-bond acceptors (Lipinski definition) is 4. The molecule has 3 atom stereocenters. The summed E-state index contributed by atoms with van der Waals surface area (Å²) in [5, 5.41) is 0. The number of methoxy groups -OCH3 is 1. The quantitative estimate of drug-likeness (QED) is 0.714. The Bertz CT molecular complexity index is 874. The molecule has 29 heavy (non-hydrogen) atoms. The Balaban J connectivity index is 1.98. The summed E-state index contributed by atoms with van der Waals surface area (Å²) in [7, 11) is 5.74. The van der Waals surface area contributed by atoms with Crippen molar-refractivity contribution >= 4 is 12.0 Å². The van der Waals surface area contributed by atoms with Gasteiger partial charge in [0.15, 0.2) is 0 Å². The van der Waals surface area contributed by atoms with E-state index in [1.807, 2.05) is 24.1 Å². The van der Waals surface area contributed by atoms with E-state index in [1.54, 1.807) is 31.8 Å². The lowest BCUT2D eigenvalue weighted by Crippen LogP contribution is -2.63. The summed E-state index contributed by atoms with van der Waals surface area (Å²) in [4.78, 5) is 17.3. The molecule has 1 fully saturated rings. The average Bonchev–Trinajstić information content (AvgIpc) is 3.23. The lowest BCUT2D eigenvalue weighted by molar-refractivity contribution is -0.131. The third-order valence-corrected chi connectivity index (χ3v) is 6.58. The maximum atomic E-state index is 13.1. The molecule has 1 aromatic carbocycles. The molecule has 1 aliphatic heterocycles. The Morgan fingerprint density at radius 1 is 1.38 bits per heavy atom. The van der Waals surface area contributed by atoms with E-state index in [4.69, 9.17) is 9.15 Å². The maximum Gasteiger partial charge on any atom is 0.246 e. The number of likely N-dealkylation sites (tertiary alicyclic amines) is 1. The number of furan rings is 1. The van der Waals surface area contributed by atoms with Crippen molar-refractivity contribution in [2.45, 2.75) is 44.7 Å². The number of rotatable bonds is 5. The Morgan fingerprint density at radius 3 is 2.79 bits per heavy atom. The largest absolute Gasteiger partial charge is 0.497 e. The van der Waals surface area contributed by atoms with Crippen LogP contribution in [0, 0.1) is 6.92 Å². The number of piperidine rings is 1. The number of carbonyl (C=O) groups excluding carboxylic acids is 1. The molecule has 3 rings (SSSR count). The van der Waals surface area contributed by atoms with Crippen molar-refractivity contribution in [3.8, 4) is 5.75 Å². The third kappa shape index (κ3) is 4.10. The van der Waals surface area contributed by atoms with Crippen molar-refractivity contribution in [1.29, 1.82) is 0 Å². The van der Waals surface area contributed by atoms with Crippen LogP contribution in [0.2, 0.25) is 0 Å². The molecule has 1 aliphatic rings. The molecule has 0 aliphatic carbocycles. The minimum Gasteiger partial charge on any atom is -0.497 e. The second kappa shape index (κ2) is 8.46. The number of ether oxygens (including phenoxy) is 1. The molecule has 0 bridgehead atoms. The number of likely N-dealkylation sites (N-methyl/N-ethyl adjacent to an activating group) is 2. The van der Waals surface area contributed by atoms with Crippen LogP contribution in [0.3, 0.4) is 0 Å². The van der Waals surface area contributed by atoms with Crippen LogP contribution in [0.15, 0.2) is 47.3 Å². The Kier molecular flexibility index (Phi) is 6.18. The number of aryl methyl sites for hydroxylation is 1. The van der Waals surface area contributed by atoms with Gasteiger partial charge in [0.1, 0.15) is 5.75 Å². The predicted molar refractivity (Wildman–Crippen MR) is 116 cm³/mol. The van der Waals surface area contributed by atoms with Crippen LogP contribution < -0.4 is 4.74 Å². The van der Waals surface area contributed by atoms with Gasteiger partial charge >= 0.3 is 0 Å². The number of amides is 1. The van der Waals surface area contributed by atoms with Gasteiger partial charge in [-0.3, -0.25) is 4.79 Å². The Labute approximate surface area is 173 Å². The molecule has 1 aromatic heterocycles. The van der Waals surface area contributed by atoms with E-state index >= 15 is 0 Å². The van der Waals surface area contributed by atoms with E-state index in [2.05, 4.69) is 44.9 Å². The zero-order valence-electron chi connectivity index (χ0n) is 18.3. The highest BCUT2D eigenvalue weighted by Crippen LogP contribution is 2.42. The van der Waals surface area contributed by atoms with Crippen LogP contribution >= 0.6 is 0 Å². The lowest BCUT2D eigenvalue weighted by Gasteiger charge is -2.53. The molecular weight excluding hydrogens is 364 g/mol. The summed E-state index contributed by atoms with van der Waals surface area (Å²) in [6.07, 6.45) is 7.63. The van der Waals surface area contributed by atoms with Crippen LogP contribution in [0.1, 0.15) is 37.0 Å². The molecule has 0 saturated carbocycles. The fourth-order valence-electron chi connectivity index (χ4n) is 4.71. The van der Waals surface area contributed by atoms with Gasteiger partial charge in [0, 0.05) is 30.1 Å². The molecule has 5 nitrogen and oxygen atoms in total. The van der Waals surface area contributed by atoms with Gasteiger partial charge in [-0.25, -0.2) is 0 Å². The SMILES string of the molecule is COc1ccc(C)c([C@@]2(C)CCN(C)C(C)[C@@H]2N(C)C(=O)/C=C/c2ccoc2)c1. The molecule has 1 saturated heterocycles. The van der Waals surface area contributed by atoms with Crippen LogP contribution in [-0.2, 0) is 10.2 Å². The Hall–Kier alpha value is -2.53. The molecule has 156 valence electrons. The first-order valence-corrected chi connectivity index (χ1v) is 10.1. The molecule has 2 heterocycles. The summed E-state index contributed by atoms with van der Waals surface area (Å²) in [5.41, 5.74) is 3.18. The second-order valence-corrected chi connectivity index (χ2v) is 8.35. The highest BCUT2D eigenvalue weighted by Gasteiger charge is 2.47. The van der Waals surface area contributed by atoms with Gasteiger partial charge in [0.05, 0.1) is 25.7 Å². The highest BCUT2D eigenvalue weighted by molar-refractivity contribution is 5.92. The minimum absolute atomic E-state index is 0.00914. The summed E-state index contributed by atoms with van der Waals surface area (Å²) in [6.45, 7) is 7.62. The molecular formula is C24H32N2O3. The van der Waals surface area contributed by atoms with Crippen LogP contribution in [0.25, 0.3) is 6.08 Å². The summed E-state index contributed by atoms with van der Waals surface area (Å²) >= 11 is 0. The van der Waals surface area contributed by atoms with Gasteiger partial charge in [-0.05, 0) is 69.3 Å². The normalized spacial score (nSPS) is 25.3. The topological polar surface area (TPSA) is 45.9 Å². The van der Waals surface area contributed by atoms with E-state index in [0.29, 0.717) is 0 Å². The average molecular weight is 397 g/mol. The molecule has 1 unspecified atom stereocenters. The number of carbonyl (C=O) groups is 1. The van der Waals surface area contributed by atoms with Crippen molar-refractivity contribution < 1.29 is 13.9 Å². The van der Waals surface area contributed by atoms with Crippen LogP contribution in [0.5, 0.6) is 5.75 Å². The van der Waals surface area contributed by atoms with Gasteiger partial charge in [-0.2, -0.15) is 0 Å². The van der Waals surface area contributed by atoms with Gasteiger partial charge in [0.2, 0.25) is 5.91 Å². The van der Waals surface area contributed by atoms with Crippen LogP contribution in [0.4, 0.5) is 0 Å². The van der Waals surface area contributed by atoms with Crippen molar-refractivity contribution in [1.82, 2.24) is 9.80 Å². The smallest absolute Gasteiger partial charge is 0.246 e. The highest BCUT2D eigenvalue weighted by atomic mass is 16.5. The zero-order valence-corrected chi connectivity index (χ0v) is 18.3.